The summed E-state index contributed by atoms with van der Waals surface area (Å²) in [6, 6.07) is 9.57. The molecule has 0 fully saturated rings. The van der Waals surface area contributed by atoms with E-state index < -0.39 is 0 Å². The molecule has 0 spiro atoms. The topological polar surface area (TPSA) is 61.8 Å². The van der Waals surface area contributed by atoms with E-state index in [0.29, 0.717) is 24.4 Å². The van der Waals surface area contributed by atoms with E-state index in [1.54, 1.807) is 6.92 Å². The van der Waals surface area contributed by atoms with Crippen LogP contribution in [0.4, 0.5) is 0 Å². The number of benzene rings is 1. The Kier molecular flexibility index (Phi) is 7.66. The molecule has 5 heteroatoms. The molecule has 0 amide bonds. The zero-order chi connectivity index (χ0) is 21.3. The average Bonchev–Trinajstić information content (AvgIpc) is 2.75. The molecule has 2 aliphatic rings. The highest BCUT2D eigenvalue weighted by atomic mass is 16.5. The molecule has 5 nitrogen and oxygen atoms in total. The lowest BCUT2D eigenvalue weighted by Gasteiger charge is -2.29. The van der Waals surface area contributed by atoms with E-state index in [4.69, 9.17) is 14.2 Å². The van der Waals surface area contributed by atoms with Crippen molar-refractivity contribution in [3.05, 3.63) is 78.1 Å². The Morgan fingerprint density at radius 1 is 1.07 bits per heavy atom. The molecule has 1 aromatic rings. The van der Waals surface area contributed by atoms with Crippen molar-refractivity contribution in [1.29, 1.82) is 0 Å². The molecule has 1 aromatic carbocycles. The highest BCUT2D eigenvalue weighted by molar-refractivity contribution is 6.17. The summed E-state index contributed by atoms with van der Waals surface area (Å²) < 4.78 is 16.5. The number of rotatable bonds is 10. The molecule has 2 unspecified atom stereocenters. The van der Waals surface area contributed by atoms with Crippen LogP contribution in [0.3, 0.4) is 0 Å². The molecule has 30 heavy (non-hydrogen) atoms. The van der Waals surface area contributed by atoms with E-state index in [1.165, 1.54) is 0 Å². The summed E-state index contributed by atoms with van der Waals surface area (Å²) in [5.41, 5.74) is 1.90. The molecular formula is C25H28O5. The van der Waals surface area contributed by atoms with E-state index in [1.807, 2.05) is 54.6 Å². The predicted octanol–water partition coefficient (Wildman–Crippen LogP) is 4.76. The Bertz CT molecular complexity index is 863. The van der Waals surface area contributed by atoms with E-state index in [0.717, 1.165) is 37.0 Å². The second-order valence-electron chi connectivity index (χ2n) is 7.50. The quantitative estimate of drug-likeness (QED) is 0.317. The van der Waals surface area contributed by atoms with Crippen LogP contribution in [0.25, 0.3) is 5.57 Å². The van der Waals surface area contributed by atoms with Crippen LogP contribution in [0.15, 0.2) is 72.5 Å². The fourth-order valence-electron chi connectivity index (χ4n) is 3.32. The third-order valence-electron chi connectivity index (χ3n) is 4.99. The van der Waals surface area contributed by atoms with Crippen LogP contribution in [0, 0.1) is 5.92 Å². The Morgan fingerprint density at radius 3 is 2.53 bits per heavy atom. The number of esters is 2. The second-order valence-corrected chi connectivity index (χ2v) is 7.50. The number of fused-ring (bicyclic) bond motifs is 1. The number of ether oxygens (including phenoxy) is 3. The van der Waals surface area contributed by atoms with Gasteiger partial charge in [-0.15, -0.1) is 0 Å². The van der Waals surface area contributed by atoms with Crippen molar-refractivity contribution in [2.75, 3.05) is 13.2 Å². The minimum Gasteiger partial charge on any atom is -0.494 e. The number of unbranched alkanes of at least 4 members (excludes halogenated alkanes) is 3. The first-order valence-corrected chi connectivity index (χ1v) is 10.4. The van der Waals surface area contributed by atoms with Crippen molar-refractivity contribution in [2.24, 2.45) is 5.92 Å². The fourth-order valence-corrected chi connectivity index (χ4v) is 3.32. The maximum Gasteiger partial charge on any atom is 0.339 e. The molecule has 1 aliphatic heterocycles. The van der Waals surface area contributed by atoms with Gasteiger partial charge in [0.05, 0.1) is 18.8 Å². The molecule has 0 saturated carbocycles. The molecular weight excluding hydrogens is 380 g/mol. The Morgan fingerprint density at radius 2 is 1.80 bits per heavy atom. The Balaban J connectivity index is 1.38. The molecule has 0 saturated heterocycles. The number of hydrogen-bond acceptors (Lipinski definition) is 5. The average molecular weight is 408 g/mol. The largest absolute Gasteiger partial charge is 0.494 e. The number of allylic oxidation sites excluding steroid dienone is 1. The third kappa shape index (κ3) is 5.96. The lowest BCUT2D eigenvalue weighted by atomic mass is 9.90. The summed E-state index contributed by atoms with van der Waals surface area (Å²) in [4.78, 5) is 23.7. The molecule has 0 aromatic heterocycles. The van der Waals surface area contributed by atoms with Crippen molar-refractivity contribution < 1.29 is 23.8 Å². The van der Waals surface area contributed by atoms with Crippen LogP contribution in [0.1, 0.15) is 38.2 Å². The van der Waals surface area contributed by atoms with E-state index in [2.05, 4.69) is 6.58 Å². The van der Waals surface area contributed by atoms with Crippen molar-refractivity contribution in [3.8, 4) is 0 Å². The van der Waals surface area contributed by atoms with Gasteiger partial charge in [-0.1, -0.05) is 49.1 Å². The zero-order valence-corrected chi connectivity index (χ0v) is 17.3. The highest BCUT2D eigenvalue weighted by Gasteiger charge is 2.31. The molecule has 3 rings (SSSR count). The highest BCUT2D eigenvalue weighted by Crippen LogP contribution is 2.31. The lowest BCUT2D eigenvalue weighted by molar-refractivity contribution is -0.142. The first kappa shape index (κ1) is 21.6. The van der Waals surface area contributed by atoms with Crippen LogP contribution in [0.5, 0.6) is 0 Å². The standard InChI is InChI=1S/C25H28O5/c1-18(2)24(26)29-15-9-4-3-8-14-28-21-13-12-20-16-22(19-10-6-5-7-11-19)25(27)30-23(20)17-21/h5-7,10-13,16-17,20,23H,1,3-4,8-9,14-15H2,2H3. The van der Waals surface area contributed by atoms with Crippen LogP contribution in [-0.2, 0) is 23.8 Å². The SMILES string of the molecule is C=C(C)C(=O)OCCCCCCOC1=CC2OC(=O)C(c3ccccc3)=CC2C=C1. The van der Waals surface area contributed by atoms with Gasteiger partial charge in [-0.3, -0.25) is 0 Å². The molecule has 0 N–H and O–H groups in total. The van der Waals surface area contributed by atoms with Gasteiger partial charge < -0.3 is 14.2 Å². The van der Waals surface area contributed by atoms with Crippen molar-refractivity contribution in [1.82, 2.24) is 0 Å². The van der Waals surface area contributed by atoms with E-state index >= 15 is 0 Å². The van der Waals surface area contributed by atoms with Crippen LogP contribution in [-0.4, -0.2) is 31.3 Å². The normalized spacial score (nSPS) is 19.8. The molecule has 2 atom stereocenters. The summed E-state index contributed by atoms with van der Waals surface area (Å²) >= 11 is 0. The smallest absolute Gasteiger partial charge is 0.339 e. The molecule has 158 valence electrons. The van der Waals surface area contributed by atoms with Gasteiger partial charge in [-0.25, -0.2) is 9.59 Å². The number of carbonyl (C=O) groups excluding carboxylic acids is 2. The van der Waals surface area contributed by atoms with Gasteiger partial charge in [0.25, 0.3) is 0 Å². The van der Waals surface area contributed by atoms with Crippen LogP contribution >= 0.6 is 0 Å². The van der Waals surface area contributed by atoms with Crippen LogP contribution < -0.4 is 0 Å². The number of hydrogen-bond donors (Lipinski definition) is 0. The Hall–Kier alpha value is -3.08. The molecule has 1 heterocycles. The first-order chi connectivity index (χ1) is 14.5. The molecule has 0 bridgehead atoms. The third-order valence-corrected chi connectivity index (χ3v) is 4.99. The van der Waals surface area contributed by atoms with Gasteiger partial charge in [0.2, 0.25) is 0 Å². The molecule has 1 aliphatic carbocycles. The minimum atomic E-state index is -0.332. The maximum absolute atomic E-state index is 12.4. The van der Waals surface area contributed by atoms with Crippen molar-refractivity contribution in [2.45, 2.75) is 38.7 Å². The summed E-state index contributed by atoms with van der Waals surface area (Å²) in [7, 11) is 0. The zero-order valence-electron chi connectivity index (χ0n) is 17.3. The van der Waals surface area contributed by atoms with E-state index in [9.17, 15) is 9.59 Å². The minimum absolute atomic E-state index is 0.0205. The van der Waals surface area contributed by atoms with Crippen molar-refractivity contribution >= 4 is 17.5 Å². The summed E-state index contributed by atoms with van der Waals surface area (Å²) in [5, 5.41) is 0. The summed E-state index contributed by atoms with van der Waals surface area (Å²) in [5.74, 6) is 0.116. The van der Waals surface area contributed by atoms with Crippen molar-refractivity contribution in [3.63, 3.8) is 0 Å². The first-order valence-electron chi connectivity index (χ1n) is 10.4. The van der Waals surface area contributed by atoms with Gasteiger partial charge >= 0.3 is 11.9 Å². The monoisotopic (exact) mass is 408 g/mol. The summed E-state index contributed by atoms with van der Waals surface area (Å²) in [6.07, 6.45) is 11.2. The fraction of sp³-hybridized carbons (Fsp3) is 0.360. The maximum atomic E-state index is 12.4. The lowest BCUT2D eigenvalue weighted by Crippen LogP contribution is -2.30. The van der Waals surface area contributed by atoms with Crippen LogP contribution in [0.2, 0.25) is 0 Å². The van der Waals surface area contributed by atoms with Gasteiger partial charge in [0.15, 0.2) is 0 Å². The Labute approximate surface area is 177 Å². The van der Waals surface area contributed by atoms with Gasteiger partial charge in [-0.2, -0.15) is 0 Å². The van der Waals surface area contributed by atoms with E-state index in [-0.39, 0.29) is 24.0 Å². The van der Waals surface area contributed by atoms with Gasteiger partial charge in [-0.05, 0) is 50.3 Å². The molecule has 0 radical (unpaired) electrons. The summed E-state index contributed by atoms with van der Waals surface area (Å²) in [6.45, 7) is 6.21. The predicted molar refractivity (Wildman–Crippen MR) is 115 cm³/mol. The second kappa shape index (κ2) is 10.6. The number of carbonyl (C=O) groups is 2. The van der Waals surface area contributed by atoms with Gasteiger partial charge in [0, 0.05) is 11.5 Å². The van der Waals surface area contributed by atoms with Gasteiger partial charge in [0.1, 0.15) is 11.9 Å².